The number of rotatable bonds is 8. The van der Waals surface area contributed by atoms with Crippen LogP contribution in [0.4, 0.5) is 0 Å². The van der Waals surface area contributed by atoms with Crippen LogP contribution in [0.1, 0.15) is 37.9 Å². The van der Waals surface area contributed by atoms with Gasteiger partial charge in [0.15, 0.2) is 6.61 Å². The van der Waals surface area contributed by atoms with Crippen molar-refractivity contribution in [2.75, 3.05) is 34.4 Å². The minimum Gasteiger partial charge on any atom is -0.497 e. The van der Waals surface area contributed by atoms with E-state index in [4.69, 9.17) is 9.47 Å². The molecule has 1 N–H and O–H groups in total. The topological polar surface area (TPSA) is 50.8 Å². The summed E-state index contributed by atoms with van der Waals surface area (Å²) < 4.78 is 11.0. The van der Waals surface area contributed by atoms with Gasteiger partial charge in [0.2, 0.25) is 0 Å². The number of ether oxygens (including phenoxy) is 2. The zero-order chi connectivity index (χ0) is 20.7. The largest absolute Gasteiger partial charge is 0.497 e. The second-order valence-electron chi connectivity index (χ2n) is 8.09. The zero-order valence-electron chi connectivity index (χ0n) is 17.8. The molecule has 2 aromatic carbocycles. The molecule has 0 heterocycles. The maximum absolute atomic E-state index is 12.4. The fourth-order valence-electron chi connectivity index (χ4n) is 3.04. The van der Waals surface area contributed by atoms with Crippen LogP contribution in [-0.4, -0.2) is 45.2 Å². The summed E-state index contributed by atoms with van der Waals surface area (Å²) in [6.07, 6.45) is 0. The molecule has 1 atom stereocenters. The van der Waals surface area contributed by atoms with Gasteiger partial charge in [-0.25, -0.2) is 0 Å². The number of nitrogens with one attached hydrogen (secondary N) is 1. The highest BCUT2D eigenvalue weighted by Gasteiger charge is 2.19. The van der Waals surface area contributed by atoms with Crippen LogP contribution in [0.2, 0.25) is 0 Å². The molecule has 152 valence electrons. The summed E-state index contributed by atoms with van der Waals surface area (Å²) in [7, 11) is 5.64. The fraction of sp³-hybridized carbons (Fsp3) is 0.435. The Balaban J connectivity index is 1.95. The predicted molar refractivity (Wildman–Crippen MR) is 113 cm³/mol. The van der Waals surface area contributed by atoms with Gasteiger partial charge in [0.05, 0.1) is 13.2 Å². The van der Waals surface area contributed by atoms with E-state index < -0.39 is 0 Å². The van der Waals surface area contributed by atoms with Crippen LogP contribution in [-0.2, 0) is 10.2 Å². The summed E-state index contributed by atoms with van der Waals surface area (Å²) in [6.45, 7) is 6.89. The van der Waals surface area contributed by atoms with E-state index in [2.05, 4.69) is 31.0 Å². The SMILES string of the molecule is COc1ccc(C(CNC(=O)COc2ccccc2C(C)(C)C)N(C)C)cc1. The molecule has 0 saturated heterocycles. The number of hydrogen-bond acceptors (Lipinski definition) is 4. The van der Waals surface area contributed by atoms with Crippen molar-refractivity contribution in [3.05, 3.63) is 59.7 Å². The van der Waals surface area contributed by atoms with Gasteiger partial charge in [-0.2, -0.15) is 0 Å². The third-order valence-electron chi connectivity index (χ3n) is 4.67. The Morgan fingerprint density at radius 3 is 2.29 bits per heavy atom. The number of methoxy groups -OCH3 is 1. The molecule has 1 unspecified atom stereocenters. The molecule has 2 rings (SSSR count). The maximum atomic E-state index is 12.4. The van der Waals surface area contributed by atoms with Crippen LogP contribution in [0.15, 0.2) is 48.5 Å². The van der Waals surface area contributed by atoms with E-state index in [9.17, 15) is 4.79 Å². The van der Waals surface area contributed by atoms with Crippen LogP contribution in [0.25, 0.3) is 0 Å². The Morgan fingerprint density at radius 2 is 1.71 bits per heavy atom. The molecule has 0 aliphatic carbocycles. The minimum atomic E-state index is -0.135. The maximum Gasteiger partial charge on any atom is 0.258 e. The van der Waals surface area contributed by atoms with Gasteiger partial charge in [0.25, 0.3) is 5.91 Å². The molecular weight excluding hydrogens is 352 g/mol. The Hall–Kier alpha value is -2.53. The Bertz CT molecular complexity index is 764. The van der Waals surface area contributed by atoms with Crippen LogP contribution in [0.5, 0.6) is 11.5 Å². The summed E-state index contributed by atoms with van der Waals surface area (Å²) in [4.78, 5) is 14.4. The van der Waals surface area contributed by atoms with Gasteiger partial charge in [-0.15, -0.1) is 0 Å². The molecule has 5 nitrogen and oxygen atoms in total. The van der Waals surface area contributed by atoms with Crippen LogP contribution in [0.3, 0.4) is 0 Å². The third-order valence-corrected chi connectivity index (χ3v) is 4.67. The third kappa shape index (κ3) is 5.99. The number of nitrogens with zero attached hydrogens (tertiary/aromatic N) is 1. The van der Waals surface area contributed by atoms with E-state index in [1.54, 1.807) is 7.11 Å². The second kappa shape index (κ2) is 9.60. The molecular formula is C23H32N2O3. The van der Waals surface area contributed by atoms with Gasteiger partial charge >= 0.3 is 0 Å². The van der Waals surface area contributed by atoms with Crippen molar-refractivity contribution < 1.29 is 14.3 Å². The Morgan fingerprint density at radius 1 is 1.07 bits per heavy atom. The van der Waals surface area contributed by atoms with Gasteiger partial charge in [0.1, 0.15) is 11.5 Å². The van der Waals surface area contributed by atoms with E-state index in [1.807, 2.05) is 62.6 Å². The molecule has 0 spiro atoms. The van der Waals surface area contributed by atoms with Crippen molar-refractivity contribution in [3.63, 3.8) is 0 Å². The fourth-order valence-corrected chi connectivity index (χ4v) is 3.04. The van der Waals surface area contributed by atoms with Crippen molar-refractivity contribution in [2.45, 2.75) is 32.2 Å². The second-order valence-corrected chi connectivity index (χ2v) is 8.09. The number of likely N-dealkylation sites (N-methyl/N-ethyl adjacent to an activating group) is 1. The van der Waals surface area contributed by atoms with Crippen LogP contribution in [0, 0.1) is 0 Å². The highest BCUT2D eigenvalue weighted by molar-refractivity contribution is 5.77. The molecule has 5 heteroatoms. The zero-order valence-corrected chi connectivity index (χ0v) is 17.8. The van der Waals surface area contributed by atoms with E-state index >= 15 is 0 Å². The molecule has 2 aromatic rings. The van der Waals surface area contributed by atoms with Crippen LogP contribution >= 0.6 is 0 Å². The monoisotopic (exact) mass is 384 g/mol. The normalized spacial score (nSPS) is 12.5. The average molecular weight is 385 g/mol. The summed E-state index contributed by atoms with van der Waals surface area (Å²) in [5.41, 5.74) is 2.16. The first-order chi connectivity index (χ1) is 13.2. The molecule has 28 heavy (non-hydrogen) atoms. The molecule has 0 aliphatic heterocycles. The molecule has 1 amide bonds. The first-order valence-corrected chi connectivity index (χ1v) is 9.51. The summed E-state index contributed by atoms with van der Waals surface area (Å²) in [6, 6.07) is 15.8. The van der Waals surface area contributed by atoms with Crippen molar-refractivity contribution in [1.82, 2.24) is 10.2 Å². The quantitative estimate of drug-likeness (QED) is 0.752. The summed E-state index contributed by atoms with van der Waals surface area (Å²) in [5.74, 6) is 1.43. The lowest BCUT2D eigenvalue weighted by Crippen LogP contribution is -2.37. The van der Waals surface area contributed by atoms with E-state index in [1.165, 1.54) is 0 Å². The van der Waals surface area contributed by atoms with Gasteiger partial charge in [-0.1, -0.05) is 51.1 Å². The lowest BCUT2D eigenvalue weighted by atomic mass is 9.86. The highest BCUT2D eigenvalue weighted by Crippen LogP contribution is 2.30. The van der Waals surface area contributed by atoms with Crippen molar-refractivity contribution in [2.24, 2.45) is 0 Å². The molecule has 0 radical (unpaired) electrons. The molecule has 0 bridgehead atoms. The molecule has 0 saturated carbocycles. The van der Waals surface area contributed by atoms with Gasteiger partial charge in [0, 0.05) is 6.54 Å². The lowest BCUT2D eigenvalue weighted by Gasteiger charge is -2.25. The predicted octanol–water partition coefficient (Wildman–Crippen LogP) is 3.79. The smallest absolute Gasteiger partial charge is 0.258 e. The number of para-hydroxylation sites is 1. The van der Waals surface area contributed by atoms with Crippen LogP contribution < -0.4 is 14.8 Å². The molecule has 0 aliphatic rings. The number of carbonyl (C=O) groups is 1. The summed E-state index contributed by atoms with van der Waals surface area (Å²) >= 11 is 0. The standard InChI is InChI=1S/C23H32N2O3/c1-23(2,3)19-9-7-8-10-21(19)28-16-22(26)24-15-20(25(4)5)17-11-13-18(27-6)14-12-17/h7-14,20H,15-16H2,1-6H3,(H,24,26). The minimum absolute atomic E-state index is 0.00411. The van der Waals surface area contributed by atoms with E-state index in [0.717, 1.165) is 22.6 Å². The van der Waals surface area contributed by atoms with Gasteiger partial charge in [-0.3, -0.25) is 4.79 Å². The van der Waals surface area contributed by atoms with Crippen molar-refractivity contribution in [3.8, 4) is 11.5 Å². The van der Waals surface area contributed by atoms with Crippen molar-refractivity contribution in [1.29, 1.82) is 0 Å². The first kappa shape index (κ1) is 21.8. The summed E-state index contributed by atoms with van der Waals surface area (Å²) in [5, 5.41) is 2.98. The average Bonchev–Trinajstić information content (AvgIpc) is 2.66. The Labute approximate surface area is 168 Å². The van der Waals surface area contributed by atoms with Gasteiger partial charge in [-0.05, 0) is 48.8 Å². The number of carbonyl (C=O) groups excluding carboxylic acids is 1. The molecule has 0 fully saturated rings. The lowest BCUT2D eigenvalue weighted by molar-refractivity contribution is -0.123. The first-order valence-electron chi connectivity index (χ1n) is 9.51. The number of hydrogen-bond donors (Lipinski definition) is 1. The van der Waals surface area contributed by atoms with Gasteiger partial charge < -0.3 is 19.7 Å². The number of amides is 1. The van der Waals surface area contributed by atoms with E-state index in [-0.39, 0.29) is 24.0 Å². The highest BCUT2D eigenvalue weighted by atomic mass is 16.5. The molecule has 0 aromatic heterocycles. The Kier molecular flexibility index (Phi) is 7.46. The van der Waals surface area contributed by atoms with E-state index in [0.29, 0.717) is 6.54 Å². The van der Waals surface area contributed by atoms with Crippen molar-refractivity contribution >= 4 is 5.91 Å². The number of benzene rings is 2.